The van der Waals surface area contributed by atoms with E-state index >= 15 is 0 Å². The number of hydrogen-bond acceptors (Lipinski definition) is 0. The Bertz CT molecular complexity index is 1360. The van der Waals surface area contributed by atoms with Crippen LogP contribution in [0, 0.1) is 0 Å². The zero-order valence-electron chi connectivity index (χ0n) is 15.6. The van der Waals surface area contributed by atoms with Crippen LogP contribution in [0.4, 0.5) is 0 Å². The van der Waals surface area contributed by atoms with Crippen LogP contribution in [0.3, 0.4) is 0 Å². The number of para-hydroxylation sites is 1. The number of hydrogen-bond donors (Lipinski definition) is 0. The lowest BCUT2D eigenvalue weighted by molar-refractivity contribution is 1.18. The number of benzene rings is 4. The summed E-state index contributed by atoms with van der Waals surface area (Å²) in [5.41, 5.74) is 7.07. The van der Waals surface area contributed by atoms with E-state index in [-0.39, 0.29) is 0 Å². The third-order valence-electron chi connectivity index (χ3n) is 5.26. The maximum Gasteiger partial charge on any atom is 0.0541 e. The predicted octanol–water partition coefficient (Wildman–Crippen LogP) is 8.62. The topological polar surface area (TPSA) is 4.93 Å². The summed E-state index contributed by atoms with van der Waals surface area (Å²) < 4.78 is 4.46. The molecular weight excluding hydrogens is 486 g/mol. The summed E-state index contributed by atoms with van der Waals surface area (Å²) in [6, 6.07) is 30.2. The van der Waals surface area contributed by atoms with Crippen LogP contribution in [0.5, 0.6) is 0 Å². The summed E-state index contributed by atoms with van der Waals surface area (Å²) in [5, 5.41) is 2.51. The molecule has 0 fully saturated rings. The van der Waals surface area contributed by atoms with Crippen molar-refractivity contribution in [1.29, 1.82) is 0 Å². The van der Waals surface area contributed by atoms with E-state index in [1.165, 1.54) is 32.9 Å². The van der Waals surface area contributed by atoms with Gasteiger partial charge in [-0.3, -0.25) is 0 Å². The number of rotatable bonds is 3. The van der Waals surface area contributed by atoms with Crippen LogP contribution >= 0.6 is 31.9 Å². The summed E-state index contributed by atoms with van der Waals surface area (Å²) >= 11 is 7.21. The van der Waals surface area contributed by atoms with Crippen LogP contribution in [-0.2, 0) is 0 Å². The highest BCUT2D eigenvalue weighted by Gasteiger charge is 2.13. The Hall–Kier alpha value is -2.62. The normalized spacial score (nSPS) is 11.2. The SMILES string of the molecule is C=Cc1ccc(-n2c3ccccc3c3cc(-c4cc(Br)cc(Br)c4)ccc32)cc1. The Kier molecular flexibility index (Phi) is 4.65. The molecule has 0 bridgehead atoms. The van der Waals surface area contributed by atoms with Gasteiger partial charge in [0.05, 0.1) is 11.0 Å². The molecule has 0 spiro atoms. The van der Waals surface area contributed by atoms with Gasteiger partial charge in [0.15, 0.2) is 0 Å². The molecule has 0 saturated carbocycles. The summed E-state index contributed by atoms with van der Waals surface area (Å²) in [6.45, 7) is 3.86. The van der Waals surface area contributed by atoms with Gasteiger partial charge < -0.3 is 4.57 Å². The third-order valence-corrected chi connectivity index (χ3v) is 6.17. The van der Waals surface area contributed by atoms with Gasteiger partial charge in [-0.05, 0) is 65.2 Å². The van der Waals surface area contributed by atoms with Crippen molar-refractivity contribution in [2.45, 2.75) is 0 Å². The van der Waals surface area contributed by atoms with Crippen molar-refractivity contribution in [3.63, 3.8) is 0 Å². The molecule has 140 valence electrons. The smallest absolute Gasteiger partial charge is 0.0541 e. The highest BCUT2D eigenvalue weighted by atomic mass is 79.9. The van der Waals surface area contributed by atoms with Gasteiger partial charge in [-0.2, -0.15) is 0 Å². The fourth-order valence-electron chi connectivity index (χ4n) is 3.91. The number of aromatic nitrogens is 1. The molecule has 0 aliphatic rings. The van der Waals surface area contributed by atoms with E-state index in [1.54, 1.807) is 0 Å². The Labute approximate surface area is 186 Å². The third kappa shape index (κ3) is 3.25. The van der Waals surface area contributed by atoms with Crippen LogP contribution in [0.2, 0.25) is 0 Å². The molecule has 5 aromatic rings. The molecular formula is C26H17Br2N. The van der Waals surface area contributed by atoms with Crippen molar-refractivity contribution in [3.8, 4) is 16.8 Å². The lowest BCUT2D eigenvalue weighted by Gasteiger charge is -2.09. The number of fused-ring (bicyclic) bond motifs is 3. The molecule has 1 heterocycles. The predicted molar refractivity (Wildman–Crippen MR) is 132 cm³/mol. The van der Waals surface area contributed by atoms with Crippen molar-refractivity contribution in [2.24, 2.45) is 0 Å². The second kappa shape index (κ2) is 7.33. The maximum atomic E-state index is 3.86. The molecule has 0 N–H and O–H groups in total. The van der Waals surface area contributed by atoms with E-state index in [0.29, 0.717) is 0 Å². The van der Waals surface area contributed by atoms with Gasteiger partial charge in [-0.1, -0.05) is 80.9 Å². The first-order valence-corrected chi connectivity index (χ1v) is 11.0. The minimum atomic E-state index is 1.06. The van der Waals surface area contributed by atoms with Crippen LogP contribution < -0.4 is 0 Å². The Morgan fingerprint density at radius 1 is 0.655 bits per heavy atom. The Morgan fingerprint density at radius 3 is 2.07 bits per heavy atom. The van der Waals surface area contributed by atoms with Gasteiger partial charge in [-0.25, -0.2) is 0 Å². The average molecular weight is 503 g/mol. The molecule has 1 nitrogen and oxygen atoms in total. The molecule has 0 atom stereocenters. The molecule has 0 amide bonds. The molecule has 0 aliphatic carbocycles. The van der Waals surface area contributed by atoms with Gasteiger partial charge >= 0.3 is 0 Å². The average Bonchev–Trinajstić information content (AvgIpc) is 3.07. The van der Waals surface area contributed by atoms with E-state index in [0.717, 1.165) is 20.2 Å². The molecule has 1 aromatic heterocycles. The van der Waals surface area contributed by atoms with Gasteiger partial charge in [0, 0.05) is 25.4 Å². The Morgan fingerprint density at radius 2 is 1.34 bits per heavy atom. The Balaban J connectivity index is 1.78. The van der Waals surface area contributed by atoms with E-state index in [2.05, 4.69) is 128 Å². The molecule has 3 heteroatoms. The monoisotopic (exact) mass is 501 g/mol. The zero-order chi connectivity index (χ0) is 20.0. The largest absolute Gasteiger partial charge is 0.309 e. The number of halogens is 2. The first-order valence-electron chi connectivity index (χ1n) is 9.36. The van der Waals surface area contributed by atoms with Crippen LogP contribution in [0.15, 0.2) is 100 Å². The van der Waals surface area contributed by atoms with Gasteiger partial charge in [-0.15, -0.1) is 0 Å². The molecule has 0 radical (unpaired) electrons. The van der Waals surface area contributed by atoms with E-state index < -0.39 is 0 Å². The standard InChI is InChI=1S/C26H17Br2N/c1-2-17-7-10-22(11-8-17)29-25-6-4-3-5-23(25)24-15-18(9-12-26(24)29)19-13-20(27)16-21(28)14-19/h2-16H,1H2. The van der Waals surface area contributed by atoms with Crippen molar-refractivity contribution in [1.82, 2.24) is 4.57 Å². The zero-order valence-corrected chi connectivity index (χ0v) is 18.7. The van der Waals surface area contributed by atoms with Crippen molar-refractivity contribution in [2.75, 3.05) is 0 Å². The molecule has 5 rings (SSSR count). The van der Waals surface area contributed by atoms with Gasteiger partial charge in [0.25, 0.3) is 0 Å². The van der Waals surface area contributed by atoms with Crippen molar-refractivity contribution >= 4 is 59.7 Å². The van der Waals surface area contributed by atoms with E-state index in [4.69, 9.17) is 0 Å². The second-order valence-corrected chi connectivity index (χ2v) is 8.87. The van der Waals surface area contributed by atoms with Gasteiger partial charge in [0.1, 0.15) is 0 Å². The fourth-order valence-corrected chi connectivity index (χ4v) is 5.20. The van der Waals surface area contributed by atoms with Crippen molar-refractivity contribution < 1.29 is 0 Å². The summed E-state index contributed by atoms with van der Waals surface area (Å²) in [6.07, 6.45) is 1.87. The summed E-state index contributed by atoms with van der Waals surface area (Å²) in [4.78, 5) is 0. The first kappa shape index (κ1) is 18.4. The lowest BCUT2D eigenvalue weighted by Crippen LogP contribution is -1.93. The lowest BCUT2D eigenvalue weighted by atomic mass is 10.0. The molecule has 0 saturated heterocycles. The van der Waals surface area contributed by atoms with Gasteiger partial charge in [0.2, 0.25) is 0 Å². The molecule has 0 aliphatic heterocycles. The highest BCUT2D eigenvalue weighted by molar-refractivity contribution is 9.11. The second-order valence-electron chi connectivity index (χ2n) is 7.04. The van der Waals surface area contributed by atoms with E-state index in [9.17, 15) is 0 Å². The van der Waals surface area contributed by atoms with Crippen LogP contribution in [0.1, 0.15) is 5.56 Å². The summed E-state index contributed by atoms with van der Waals surface area (Å²) in [5.74, 6) is 0. The quantitative estimate of drug-likeness (QED) is 0.232. The van der Waals surface area contributed by atoms with Crippen molar-refractivity contribution in [3.05, 3.63) is 106 Å². The molecule has 4 aromatic carbocycles. The van der Waals surface area contributed by atoms with E-state index in [1.807, 2.05) is 6.08 Å². The first-order chi connectivity index (χ1) is 14.1. The fraction of sp³-hybridized carbons (Fsp3) is 0. The maximum absolute atomic E-state index is 3.86. The summed E-state index contributed by atoms with van der Waals surface area (Å²) in [7, 11) is 0. The number of nitrogens with zero attached hydrogens (tertiary/aromatic N) is 1. The molecule has 0 unspecified atom stereocenters. The van der Waals surface area contributed by atoms with Crippen LogP contribution in [-0.4, -0.2) is 4.57 Å². The minimum absolute atomic E-state index is 1.06. The minimum Gasteiger partial charge on any atom is -0.309 e. The molecule has 29 heavy (non-hydrogen) atoms. The van der Waals surface area contributed by atoms with Crippen LogP contribution in [0.25, 0.3) is 44.7 Å². The highest BCUT2D eigenvalue weighted by Crippen LogP contribution is 2.36.